The highest BCUT2D eigenvalue weighted by Crippen LogP contribution is 2.61. The molecule has 3 nitrogen and oxygen atoms in total. The number of pyridine rings is 1. The summed E-state index contributed by atoms with van der Waals surface area (Å²) in [6.07, 6.45) is 14.9. The van der Waals surface area contributed by atoms with Crippen LogP contribution in [0.15, 0.2) is 24.5 Å². The van der Waals surface area contributed by atoms with Crippen molar-refractivity contribution < 1.29 is 9.36 Å². The van der Waals surface area contributed by atoms with Crippen LogP contribution < -0.4 is 9.88 Å². The van der Waals surface area contributed by atoms with Crippen molar-refractivity contribution >= 4 is 5.91 Å². The van der Waals surface area contributed by atoms with Gasteiger partial charge in [-0.25, -0.2) is 0 Å². The molecule has 4 aliphatic rings. The molecule has 0 unspecified atom stereocenters. The van der Waals surface area contributed by atoms with Gasteiger partial charge in [-0.15, -0.1) is 0 Å². The first kappa shape index (κ1) is 19.0. The smallest absolute Gasteiger partial charge is 0.286 e. The number of aromatic nitrogens is 1. The number of hydrogen-bond donors (Lipinski definition) is 1. The molecule has 0 radical (unpaired) electrons. The van der Waals surface area contributed by atoms with Gasteiger partial charge in [-0.2, -0.15) is 4.57 Å². The second-order valence-corrected chi connectivity index (χ2v) is 9.89. The van der Waals surface area contributed by atoms with E-state index in [4.69, 9.17) is 0 Å². The van der Waals surface area contributed by atoms with Crippen LogP contribution in [0.5, 0.6) is 0 Å². The first-order valence-corrected chi connectivity index (χ1v) is 11.3. The molecule has 4 fully saturated rings. The molecule has 4 bridgehead atoms. The highest BCUT2D eigenvalue weighted by Gasteiger charge is 2.53. The molecular formula is C24H37N2O+. The van der Waals surface area contributed by atoms with Crippen molar-refractivity contribution in [3.63, 3.8) is 0 Å². The molecule has 0 saturated heterocycles. The fourth-order valence-corrected chi connectivity index (χ4v) is 6.92. The second kappa shape index (κ2) is 7.56. The number of nitrogens with zero attached hydrogens (tertiary/aromatic N) is 1. The maximum Gasteiger partial charge on any atom is 0.286 e. The van der Waals surface area contributed by atoms with Crippen LogP contribution in [0.25, 0.3) is 0 Å². The van der Waals surface area contributed by atoms with Crippen molar-refractivity contribution in [2.24, 2.45) is 23.2 Å². The second-order valence-electron chi connectivity index (χ2n) is 9.89. The predicted molar refractivity (Wildman–Crippen MR) is 108 cm³/mol. The average Bonchev–Trinajstić information content (AvgIpc) is 2.63. The molecule has 1 aromatic heterocycles. The molecule has 27 heavy (non-hydrogen) atoms. The molecule has 0 aliphatic heterocycles. The first-order valence-electron chi connectivity index (χ1n) is 11.3. The Morgan fingerprint density at radius 2 is 1.59 bits per heavy atom. The Hall–Kier alpha value is -1.38. The lowest BCUT2D eigenvalue weighted by molar-refractivity contribution is -0.684. The average molecular weight is 370 g/mol. The van der Waals surface area contributed by atoms with E-state index in [1.54, 1.807) is 0 Å². The summed E-state index contributed by atoms with van der Waals surface area (Å²) in [7, 11) is 0. The number of rotatable bonds is 7. The van der Waals surface area contributed by atoms with E-state index in [2.05, 4.69) is 50.6 Å². The van der Waals surface area contributed by atoms with E-state index in [-0.39, 0.29) is 5.91 Å². The summed E-state index contributed by atoms with van der Waals surface area (Å²) in [6.45, 7) is 7.19. The summed E-state index contributed by atoms with van der Waals surface area (Å²) in [6, 6.07) is 4.68. The number of amides is 1. The molecule has 1 heterocycles. The number of carbonyl (C=O) groups is 1. The monoisotopic (exact) mass is 369 g/mol. The van der Waals surface area contributed by atoms with Gasteiger partial charge in [-0.3, -0.25) is 4.79 Å². The number of carbonyl (C=O) groups excluding carboxylic acids is 1. The molecule has 148 valence electrons. The molecule has 4 saturated carbocycles. The Morgan fingerprint density at radius 3 is 2.07 bits per heavy atom. The molecule has 4 aliphatic carbocycles. The van der Waals surface area contributed by atoms with Gasteiger partial charge in [0, 0.05) is 18.2 Å². The fraction of sp³-hybridized carbons (Fsp3) is 0.750. The van der Waals surface area contributed by atoms with Gasteiger partial charge in [0.15, 0.2) is 12.4 Å². The third-order valence-electron chi connectivity index (χ3n) is 8.08. The summed E-state index contributed by atoms with van der Waals surface area (Å²) in [5, 5.41) is 3.39. The van der Waals surface area contributed by atoms with Crippen LogP contribution in [-0.4, -0.2) is 11.9 Å². The SMILES string of the molecule is CCC(CC)c1cc[n+](CC(=O)N[C@@H](C)C23CC4CC(CC(C4)C2)C3)cc1. The summed E-state index contributed by atoms with van der Waals surface area (Å²) in [5.41, 5.74) is 1.77. The zero-order valence-electron chi connectivity index (χ0n) is 17.4. The molecule has 3 heteroatoms. The van der Waals surface area contributed by atoms with E-state index in [0.717, 1.165) is 17.8 Å². The Kier molecular flexibility index (Phi) is 5.31. The van der Waals surface area contributed by atoms with Gasteiger partial charge < -0.3 is 5.32 Å². The molecule has 1 atom stereocenters. The lowest BCUT2D eigenvalue weighted by Gasteiger charge is -2.59. The zero-order chi connectivity index (χ0) is 19.0. The van der Waals surface area contributed by atoms with Crippen LogP contribution in [0.1, 0.15) is 83.6 Å². The normalized spacial score (nSPS) is 32.7. The molecular weight excluding hydrogens is 332 g/mol. The van der Waals surface area contributed by atoms with Crippen molar-refractivity contribution in [2.45, 2.75) is 90.6 Å². The summed E-state index contributed by atoms with van der Waals surface area (Å²) >= 11 is 0. The van der Waals surface area contributed by atoms with Crippen LogP contribution in [0, 0.1) is 23.2 Å². The molecule has 1 aromatic rings. The minimum absolute atomic E-state index is 0.165. The van der Waals surface area contributed by atoms with E-state index in [1.165, 1.54) is 56.9 Å². The van der Waals surface area contributed by atoms with Gasteiger partial charge >= 0.3 is 0 Å². The minimum Gasteiger partial charge on any atom is -0.348 e. The molecule has 0 aromatic carbocycles. The van der Waals surface area contributed by atoms with E-state index in [9.17, 15) is 4.79 Å². The van der Waals surface area contributed by atoms with Crippen LogP contribution in [0.2, 0.25) is 0 Å². The van der Waals surface area contributed by atoms with Crippen molar-refractivity contribution in [1.29, 1.82) is 0 Å². The van der Waals surface area contributed by atoms with Gasteiger partial charge in [0.2, 0.25) is 6.54 Å². The van der Waals surface area contributed by atoms with Crippen molar-refractivity contribution in [3.8, 4) is 0 Å². The molecule has 0 spiro atoms. The summed E-state index contributed by atoms with van der Waals surface area (Å²) < 4.78 is 2.02. The maximum absolute atomic E-state index is 12.7. The maximum atomic E-state index is 12.7. The topological polar surface area (TPSA) is 33.0 Å². The summed E-state index contributed by atoms with van der Waals surface area (Å²) in [4.78, 5) is 12.7. The number of nitrogens with one attached hydrogen (secondary N) is 1. The van der Waals surface area contributed by atoms with E-state index in [0.29, 0.717) is 23.9 Å². The van der Waals surface area contributed by atoms with Crippen LogP contribution in [0.3, 0.4) is 0 Å². The zero-order valence-corrected chi connectivity index (χ0v) is 17.4. The number of hydrogen-bond acceptors (Lipinski definition) is 1. The lowest BCUT2D eigenvalue weighted by atomic mass is 9.48. The quantitative estimate of drug-likeness (QED) is 0.700. The van der Waals surface area contributed by atoms with Gasteiger partial charge in [0.1, 0.15) is 0 Å². The third kappa shape index (κ3) is 3.79. The molecule has 1 amide bonds. The Labute approximate surface area is 164 Å². The van der Waals surface area contributed by atoms with E-state index < -0.39 is 0 Å². The van der Waals surface area contributed by atoms with Crippen LogP contribution in [-0.2, 0) is 11.3 Å². The Morgan fingerprint density at radius 1 is 1.07 bits per heavy atom. The molecule has 5 rings (SSSR count). The van der Waals surface area contributed by atoms with Crippen molar-refractivity contribution in [2.75, 3.05) is 0 Å². The van der Waals surface area contributed by atoms with Gasteiger partial charge in [-0.05, 0) is 92.9 Å². The highest BCUT2D eigenvalue weighted by atomic mass is 16.2. The molecule has 1 N–H and O–H groups in total. The predicted octanol–water partition coefficient (Wildman–Crippen LogP) is 4.60. The van der Waals surface area contributed by atoms with E-state index >= 15 is 0 Å². The Balaban J connectivity index is 1.35. The lowest BCUT2D eigenvalue weighted by Crippen LogP contribution is -2.57. The minimum atomic E-state index is 0.165. The highest BCUT2D eigenvalue weighted by molar-refractivity contribution is 5.74. The van der Waals surface area contributed by atoms with Crippen molar-refractivity contribution in [3.05, 3.63) is 30.1 Å². The van der Waals surface area contributed by atoms with Gasteiger partial charge in [0.05, 0.1) is 0 Å². The van der Waals surface area contributed by atoms with Crippen LogP contribution >= 0.6 is 0 Å². The van der Waals surface area contributed by atoms with Crippen LogP contribution in [0.4, 0.5) is 0 Å². The van der Waals surface area contributed by atoms with Gasteiger partial charge in [-0.1, -0.05) is 13.8 Å². The standard InChI is InChI=1S/C24H36N2O/c1-4-21(5-2)22-6-8-26(9-7-22)16-23(27)25-17(3)24-13-18-10-19(14-24)12-20(11-18)15-24/h6-9,17-21H,4-5,10-16H2,1-3H3/p+1/t17-,18?,19?,20?,24?/m0/s1. The Bertz CT molecular complexity index is 626. The summed E-state index contributed by atoms with van der Waals surface area (Å²) in [5.74, 6) is 3.59. The third-order valence-corrected chi connectivity index (χ3v) is 8.08. The van der Waals surface area contributed by atoms with Gasteiger partial charge in [0.25, 0.3) is 5.91 Å². The first-order chi connectivity index (χ1) is 13.0. The largest absolute Gasteiger partial charge is 0.348 e. The van der Waals surface area contributed by atoms with E-state index in [1.807, 2.05) is 4.57 Å². The fourth-order valence-electron chi connectivity index (χ4n) is 6.92. The van der Waals surface area contributed by atoms with Crippen molar-refractivity contribution in [1.82, 2.24) is 5.32 Å².